The predicted molar refractivity (Wildman–Crippen MR) is 79.7 cm³/mol. The van der Waals surface area contributed by atoms with Crippen LogP contribution in [0.5, 0.6) is 0 Å². The summed E-state index contributed by atoms with van der Waals surface area (Å²) in [5.41, 5.74) is -0.803. The largest absolute Gasteiger partial charge is 0.365 e. The number of aromatic nitrogens is 2. The average Bonchev–Trinajstić information content (AvgIpc) is 2.46. The molecule has 0 spiro atoms. The average molecular weight is 324 g/mol. The van der Waals surface area contributed by atoms with Crippen molar-refractivity contribution in [3.05, 3.63) is 47.7 Å². The lowest BCUT2D eigenvalue weighted by molar-refractivity contribution is 0.102. The van der Waals surface area contributed by atoms with Gasteiger partial charge in [0.2, 0.25) is 0 Å². The van der Waals surface area contributed by atoms with E-state index in [1.807, 2.05) is 20.8 Å². The van der Waals surface area contributed by atoms with Gasteiger partial charge in [0.1, 0.15) is 17.8 Å². The number of nitrogens with one attached hydrogen (secondary N) is 2. The normalized spacial score (nSPS) is 11.2. The summed E-state index contributed by atoms with van der Waals surface area (Å²) in [4.78, 5) is 19.8. The van der Waals surface area contributed by atoms with Crippen LogP contribution in [-0.2, 0) is 0 Å². The van der Waals surface area contributed by atoms with Crippen molar-refractivity contribution in [2.45, 2.75) is 26.3 Å². The lowest BCUT2D eigenvalue weighted by Crippen LogP contribution is -2.27. The van der Waals surface area contributed by atoms with Crippen LogP contribution in [0.25, 0.3) is 0 Å². The van der Waals surface area contributed by atoms with Crippen molar-refractivity contribution in [2.24, 2.45) is 0 Å². The molecule has 0 aliphatic rings. The molecule has 1 aromatic heterocycles. The minimum absolute atomic E-state index is 0.0455. The molecule has 2 rings (SSSR count). The van der Waals surface area contributed by atoms with Gasteiger partial charge in [-0.2, -0.15) is 0 Å². The zero-order valence-electron chi connectivity index (χ0n) is 12.7. The van der Waals surface area contributed by atoms with Gasteiger partial charge in [0.05, 0.1) is 5.69 Å². The number of nitrogens with zero attached hydrogens (tertiary/aromatic N) is 2. The Hall–Kier alpha value is -2.64. The number of carbonyl (C=O) groups is 1. The van der Waals surface area contributed by atoms with Gasteiger partial charge in [-0.25, -0.2) is 23.1 Å². The fourth-order valence-electron chi connectivity index (χ4n) is 1.74. The van der Waals surface area contributed by atoms with Crippen LogP contribution in [0.2, 0.25) is 0 Å². The molecule has 0 aliphatic heterocycles. The molecule has 0 unspecified atom stereocenters. The number of anilines is 2. The molecule has 1 heterocycles. The first kappa shape index (κ1) is 16.7. The molecule has 5 nitrogen and oxygen atoms in total. The molecule has 23 heavy (non-hydrogen) atoms. The van der Waals surface area contributed by atoms with Gasteiger partial charge >= 0.3 is 0 Å². The van der Waals surface area contributed by atoms with Gasteiger partial charge < -0.3 is 10.6 Å². The van der Waals surface area contributed by atoms with E-state index in [2.05, 4.69) is 20.6 Å². The second kappa shape index (κ2) is 6.23. The van der Waals surface area contributed by atoms with E-state index >= 15 is 0 Å². The molecule has 0 bridgehead atoms. The zero-order valence-corrected chi connectivity index (χ0v) is 12.7. The molecule has 0 radical (unpaired) electrons. The van der Waals surface area contributed by atoms with Gasteiger partial charge in [-0.15, -0.1) is 0 Å². The van der Waals surface area contributed by atoms with E-state index in [0.717, 1.165) is 12.1 Å². The Morgan fingerprint density at radius 3 is 2.43 bits per heavy atom. The van der Waals surface area contributed by atoms with Crippen LogP contribution >= 0.6 is 0 Å². The summed E-state index contributed by atoms with van der Waals surface area (Å²) < 4.78 is 39.6. The molecule has 0 fully saturated rings. The van der Waals surface area contributed by atoms with Crippen LogP contribution in [0.15, 0.2) is 24.5 Å². The summed E-state index contributed by atoms with van der Waals surface area (Å²) >= 11 is 0. The van der Waals surface area contributed by atoms with Crippen LogP contribution in [0.3, 0.4) is 0 Å². The van der Waals surface area contributed by atoms with Gasteiger partial charge in [-0.05, 0) is 32.9 Å². The molecule has 0 saturated carbocycles. The fourth-order valence-corrected chi connectivity index (χ4v) is 1.74. The van der Waals surface area contributed by atoms with E-state index in [4.69, 9.17) is 0 Å². The summed E-state index contributed by atoms with van der Waals surface area (Å²) in [6.07, 6.45) is 1.17. The third-order valence-corrected chi connectivity index (χ3v) is 2.69. The second-order valence-corrected chi connectivity index (χ2v) is 5.84. The van der Waals surface area contributed by atoms with Crippen molar-refractivity contribution in [1.82, 2.24) is 9.97 Å². The summed E-state index contributed by atoms with van der Waals surface area (Å²) in [7, 11) is 0. The van der Waals surface area contributed by atoms with Crippen molar-refractivity contribution in [3.63, 3.8) is 0 Å². The number of hydrogen-bond acceptors (Lipinski definition) is 4. The van der Waals surface area contributed by atoms with E-state index < -0.39 is 29.0 Å². The fraction of sp³-hybridized carbons (Fsp3) is 0.267. The quantitative estimate of drug-likeness (QED) is 0.850. The van der Waals surface area contributed by atoms with Gasteiger partial charge in [0.15, 0.2) is 17.5 Å². The maximum atomic E-state index is 13.6. The lowest BCUT2D eigenvalue weighted by atomic mass is 10.1. The van der Waals surface area contributed by atoms with Crippen LogP contribution in [-0.4, -0.2) is 21.4 Å². The Bertz CT molecular complexity index is 744. The smallest absolute Gasteiger partial charge is 0.274 e. The Labute approximate surface area is 131 Å². The zero-order chi connectivity index (χ0) is 17.2. The van der Waals surface area contributed by atoms with Gasteiger partial charge in [-0.3, -0.25) is 4.79 Å². The molecule has 122 valence electrons. The highest BCUT2D eigenvalue weighted by Gasteiger charge is 2.18. The van der Waals surface area contributed by atoms with Gasteiger partial charge in [0.25, 0.3) is 5.91 Å². The minimum Gasteiger partial charge on any atom is -0.365 e. The molecule has 2 aromatic rings. The third-order valence-electron chi connectivity index (χ3n) is 2.69. The second-order valence-electron chi connectivity index (χ2n) is 5.84. The molecule has 2 N–H and O–H groups in total. The SMILES string of the molecule is CC(C)(C)Nc1cc(C(=O)Nc2ccc(F)c(F)c2F)ncn1. The van der Waals surface area contributed by atoms with Crippen molar-refractivity contribution in [3.8, 4) is 0 Å². The Morgan fingerprint density at radius 2 is 1.78 bits per heavy atom. The van der Waals surface area contributed by atoms with Gasteiger partial charge in [-0.1, -0.05) is 0 Å². The molecule has 0 aliphatic carbocycles. The van der Waals surface area contributed by atoms with E-state index in [-0.39, 0.29) is 11.2 Å². The Balaban J connectivity index is 2.22. The number of halogens is 3. The summed E-state index contributed by atoms with van der Waals surface area (Å²) in [6.45, 7) is 5.72. The standard InChI is InChI=1S/C15H15F3N4O/c1-15(2,3)22-11-6-10(19-7-20-11)14(23)21-9-5-4-8(16)12(17)13(9)18/h4-7H,1-3H3,(H,21,23)(H,19,20,22). The van der Waals surface area contributed by atoms with Crippen molar-refractivity contribution in [2.75, 3.05) is 10.6 Å². The van der Waals surface area contributed by atoms with Crippen molar-refractivity contribution >= 4 is 17.4 Å². The Morgan fingerprint density at radius 1 is 1.09 bits per heavy atom. The highest BCUT2D eigenvalue weighted by Crippen LogP contribution is 2.20. The van der Waals surface area contributed by atoms with E-state index in [9.17, 15) is 18.0 Å². The summed E-state index contributed by atoms with van der Waals surface area (Å²) in [6, 6.07) is 3.03. The van der Waals surface area contributed by atoms with E-state index in [1.165, 1.54) is 12.4 Å². The molecule has 1 amide bonds. The first-order chi connectivity index (χ1) is 10.7. The lowest BCUT2D eigenvalue weighted by Gasteiger charge is -2.21. The number of benzene rings is 1. The summed E-state index contributed by atoms with van der Waals surface area (Å²) in [5, 5.41) is 5.20. The highest BCUT2D eigenvalue weighted by atomic mass is 19.2. The van der Waals surface area contributed by atoms with Gasteiger partial charge in [0, 0.05) is 11.6 Å². The maximum absolute atomic E-state index is 13.6. The maximum Gasteiger partial charge on any atom is 0.274 e. The summed E-state index contributed by atoms with van der Waals surface area (Å²) in [5.74, 6) is -4.82. The number of hydrogen-bond donors (Lipinski definition) is 2. The molecule has 1 aromatic carbocycles. The minimum atomic E-state index is -1.65. The topological polar surface area (TPSA) is 66.9 Å². The molecule has 0 saturated heterocycles. The molecular formula is C15H15F3N4O. The van der Waals surface area contributed by atoms with Crippen LogP contribution in [0, 0.1) is 17.5 Å². The first-order valence-corrected chi connectivity index (χ1v) is 6.72. The third kappa shape index (κ3) is 4.18. The molecule has 8 heteroatoms. The first-order valence-electron chi connectivity index (χ1n) is 6.72. The molecular weight excluding hydrogens is 309 g/mol. The van der Waals surface area contributed by atoms with Crippen LogP contribution < -0.4 is 10.6 Å². The van der Waals surface area contributed by atoms with Crippen LogP contribution in [0.4, 0.5) is 24.7 Å². The van der Waals surface area contributed by atoms with E-state index in [0.29, 0.717) is 5.82 Å². The van der Waals surface area contributed by atoms with Crippen LogP contribution in [0.1, 0.15) is 31.3 Å². The Kier molecular flexibility index (Phi) is 4.53. The number of amides is 1. The highest BCUT2D eigenvalue weighted by molar-refractivity contribution is 6.03. The monoisotopic (exact) mass is 324 g/mol. The predicted octanol–water partition coefficient (Wildman–Crippen LogP) is 3.36. The molecule has 0 atom stereocenters. The van der Waals surface area contributed by atoms with E-state index in [1.54, 1.807) is 0 Å². The number of rotatable bonds is 3. The van der Waals surface area contributed by atoms with Crippen molar-refractivity contribution in [1.29, 1.82) is 0 Å². The van der Waals surface area contributed by atoms with Crippen molar-refractivity contribution < 1.29 is 18.0 Å². The number of carbonyl (C=O) groups excluding carboxylic acids is 1.